The number of amides is 1. The van der Waals surface area contributed by atoms with Crippen molar-refractivity contribution in [3.63, 3.8) is 0 Å². The fraction of sp³-hybridized carbons (Fsp3) is 0.579. The second-order valence-corrected chi connectivity index (χ2v) is 7.31. The molecule has 2 aliphatic rings. The zero-order chi connectivity index (χ0) is 17.2. The molecule has 2 aromatic rings. The molecule has 0 aromatic carbocycles. The smallest absolute Gasteiger partial charge is 0.223 e. The molecule has 0 unspecified atom stereocenters. The molecule has 6 heteroatoms. The normalized spacial score (nSPS) is 20.9. The minimum atomic E-state index is 0.227. The Labute approximate surface area is 148 Å². The summed E-state index contributed by atoms with van der Waals surface area (Å²) in [7, 11) is 0. The maximum Gasteiger partial charge on any atom is 0.223 e. The van der Waals surface area contributed by atoms with E-state index in [2.05, 4.69) is 32.1 Å². The maximum atomic E-state index is 12.0. The van der Waals surface area contributed by atoms with E-state index < -0.39 is 0 Å². The molecule has 0 radical (unpaired) electrons. The molecule has 4 rings (SSSR count). The SMILES string of the molecule is Cc1ccc(CN2Cc3ccnn3[C@@H](CCNC(=O)C3CCC3)C2)o1. The summed E-state index contributed by atoms with van der Waals surface area (Å²) in [5.74, 6) is 2.44. The number of nitrogens with zero attached hydrogens (tertiary/aromatic N) is 3. The van der Waals surface area contributed by atoms with E-state index in [4.69, 9.17) is 4.42 Å². The highest BCUT2D eigenvalue weighted by molar-refractivity contribution is 5.79. The maximum absolute atomic E-state index is 12.0. The molecule has 1 fully saturated rings. The van der Waals surface area contributed by atoms with Crippen molar-refractivity contribution in [2.24, 2.45) is 5.92 Å². The van der Waals surface area contributed by atoms with Crippen molar-refractivity contribution in [3.8, 4) is 0 Å². The van der Waals surface area contributed by atoms with Crippen LogP contribution in [-0.4, -0.2) is 33.7 Å². The molecule has 1 saturated carbocycles. The number of nitrogens with one attached hydrogen (secondary N) is 1. The number of furan rings is 1. The lowest BCUT2D eigenvalue weighted by Crippen LogP contribution is -2.40. The van der Waals surface area contributed by atoms with Crippen LogP contribution in [0.1, 0.15) is 48.9 Å². The van der Waals surface area contributed by atoms with Crippen LogP contribution in [0, 0.1) is 12.8 Å². The van der Waals surface area contributed by atoms with Crippen LogP contribution in [0.4, 0.5) is 0 Å². The van der Waals surface area contributed by atoms with E-state index >= 15 is 0 Å². The molecule has 1 N–H and O–H groups in total. The molecule has 2 aromatic heterocycles. The fourth-order valence-corrected chi connectivity index (χ4v) is 3.77. The number of hydrogen-bond acceptors (Lipinski definition) is 4. The first-order valence-corrected chi connectivity index (χ1v) is 9.27. The van der Waals surface area contributed by atoms with Crippen LogP contribution in [0.3, 0.4) is 0 Å². The molecule has 1 amide bonds. The Hall–Kier alpha value is -2.08. The van der Waals surface area contributed by atoms with Gasteiger partial charge in [-0.05, 0) is 44.4 Å². The first kappa shape index (κ1) is 16.4. The van der Waals surface area contributed by atoms with E-state index in [1.54, 1.807) is 0 Å². The number of rotatable bonds is 6. The lowest BCUT2D eigenvalue weighted by Gasteiger charge is -2.33. The van der Waals surface area contributed by atoms with E-state index in [9.17, 15) is 4.79 Å². The molecule has 0 bridgehead atoms. The number of fused-ring (bicyclic) bond motifs is 1. The van der Waals surface area contributed by atoms with Crippen molar-refractivity contribution < 1.29 is 9.21 Å². The lowest BCUT2D eigenvalue weighted by atomic mass is 9.85. The molecular weight excluding hydrogens is 316 g/mol. The fourth-order valence-electron chi connectivity index (χ4n) is 3.77. The summed E-state index contributed by atoms with van der Waals surface area (Å²) in [5.41, 5.74) is 1.23. The van der Waals surface area contributed by atoms with Gasteiger partial charge in [-0.1, -0.05) is 6.42 Å². The third kappa shape index (κ3) is 3.63. The van der Waals surface area contributed by atoms with Crippen molar-refractivity contribution in [1.82, 2.24) is 20.0 Å². The van der Waals surface area contributed by atoms with Gasteiger partial charge in [0.15, 0.2) is 0 Å². The quantitative estimate of drug-likeness (QED) is 0.877. The van der Waals surface area contributed by atoms with Crippen molar-refractivity contribution in [3.05, 3.63) is 41.6 Å². The summed E-state index contributed by atoms with van der Waals surface area (Å²) in [5, 5.41) is 7.60. The predicted octanol–water partition coefficient (Wildman–Crippen LogP) is 2.65. The minimum Gasteiger partial charge on any atom is -0.465 e. The predicted molar refractivity (Wildman–Crippen MR) is 93.8 cm³/mol. The van der Waals surface area contributed by atoms with E-state index in [-0.39, 0.29) is 17.9 Å². The molecule has 0 saturated heterocycles. The average molecular weight is 342 g/mol. The third-order valence-electron chi connectivity index (χ3n) is 5.38. The van der Waals surface area contributed by atoms with Crippen molar-refractivity contribution >= 4 is 5.91 Å². The Kier molecular flexibility index (Phi) is 4.61. The Morgan fingerprint density at radius 3 is 2.96 bits per heavy atom. The Bertz CT molecular complexity index is 731. The summed E-state index contributed by atoms with van der Waals surface area (Å²) in [6, 6.07) is 6.43. The van der Waals surface area contributed by atoms with Gasteiger partial charge in [-0.2, -0.15) is 5.10 Å². The number of carbonyl (C=O) groups excluding carboxylic acids is 1. The molecular formula is C19H26N4O2. The van der Waals surface area contributed by atoms with Crippen LogP contribution >= 0.6 is 0 Å². The highest BCUT2D eigenvalue weighted by atomic mass is 16.3. The van der Waals surface area contributed by atoms with E-state index in [0.717, 1.165) is 50.4 Å². The van der Waals surface area contributed by atoms with Gasteiger partial charge in [-0.15, -0.1) is 0 Å². The molecule has 0 spiro atoms. The van der Waals surface area contributed by atoms with Crippen LogP contribution in [-0.2, 0) is 17.9 Å². The van der Waals surface area contributed by atoms with Crippen LogP contribution < -0.4 is 5.32 Å². The second-order valence-electron chi connectivity index (χ2n) is 7.31. The van der Waals surface area contributed by atoms with Crippen LogP contribution in [0.2, 0.25) is 0 Å². The monoisotopic (exact) mass is 342 g/mol. The first-order valence-electron chi connectivity index (χ1n) is 9.27. The molecule has 134 valence electrons. The van der Waals surface area contributed by atoms with Crippen LogP contribution in [0.25, 0.3) is 0 Å². The molecule has 1 aliphatic carbocycles. The summed E-state index contributed by atoms with van der Waals surface area (Å²) >= 11 is 0. The van der Waals surface area contributed by atoms with Crippen molar-refractivity contribution in [2.45, 2.75) is 51.7 Å². The first-order chi connectivity index (χ1) is 12.2. The van der Waals surface area contributed by atoms with Gasteiger partial charge in [0.2, 0.25) is 5.91 Å². The molecule has 3 heterocycles. The highest BCUT2D eigenvalue weighted by Crippen LogP contribution is 2.27. The van der Waals surface area contributed by atoms with E-state index in [0.29, 0.717) is 6.54 Å². The van der Waals surface area contributed by atoms with Crippen molar-refractivity contribution in [1.29, 1.82) is 0 Å². The highest BCUT2D eigenvalue weighted by Gasteiger charge is 2.27. The Morgan fingerprint density at radius 1 is 1.36 bits per heavy atom. The number of carbonyl (C=O) groups is 1. The summed E-state index contributed by atoms with van der Waals surface area (Å²) < 4.78 is 7.85. The van der Waals surface area contributed by atoms with Gasteiger partial charge in [0, 0.05) is 31.7 Å². The van der Waals surface area contributed by atoms with Gasteiger partial charge in [-0.3, -0.25) is 14.4 Å². The van der Waals surface area contributed by atoms with Crippen LogP contribution in [0.5, 0.6) is 0 Å². The second kappa shape index (κ2) is 7.04. The Balaban J connectivity index is 1.35. The lowest BCUT2D eigenvalue weighted by molar-refractivity contribution is -0.127. The summed E-state index contributed by atoms with van der Waals surface area (Å²) in [6.07, 6.45) is 6.07. The number of hydrogen-bond donors (Lipinski definition) is 1. The topological polar surface area (TPSA) is 63.3 Å². The summed E-state index contributed by atoms with van der Waals surface area (Å²) in [4.78, 5) is 14.4. The average Bonchev–Trinajstić information content (AvgIpc) is 3.14. The Morgan fingerprint density at radius 2 is 2.24 bits per heavy atom. The van der Waals surface area contributed by atoms with Gasteiger partial charge in [-0.25, -0.2) is 0 Å². The van der Waals surface area contributed by atoms with Gasteiger partial charge >= 0.3 is 0 Å². The minimum absolute atomic E-state index is 0.227. The van der Waals surface area contributed by atoms with Crippen LogP contribution in [0.15, 0.2) is 28.8 Å². The molecule has 1 aliphatic heterocycles. The third-order valence-corrected chi connectivity index (χ3v) is 5.38. The molecule has 1 atom stereocenters. The van der Waals surface area contributed by atoms with Gasteiger partial charge in [0.05, 0.1) is 18.3 Å². The van der Waals surface area contributed by atoms with Gasteiger partial charge in [0.1, 0.15) is 11.5 Å². The zero-order valence-corrected chi connectivity index (χ0v) is 14.8. The van der Waals surface area contributed by atoms with E-state index in [1.165, 1.54) is 12.1 Å². The molecule has 6 nitrogen and oxygen atoms in total. The summed E-state index contributed by atoms with van der Waals surface area (Å²) in [6.45, 7) is 5.30. The molecule has 25 heavy (non-hydrogen) atoms. The largest absolute Gasteiger partial charge is 0.465 e. The van der Waals surface area contributed by atoms with Gasteiger partial charge < -0.3 is 9.73 Å². The van der Waals surface area contributed by atoms with Crippen molar-refractivity contribution in [2.75, 3.05) is 13.1 Å². The number of aromatic nitrogens is 2. The van der Waals surface area contributed by atoms with E-state index in [1.807, 2.05) is 19.2 Å². The zero-order valence-electron chi connectivity index (χ0n) is 14.8. The number of aryl methyl sites for hydroxylation is 1. The standard InChI is InChI=1S/C19H26N4O2/c1-14-5-6-18(25-14)13-22-11-16(23-17(12-22)8-10-21-23)7-9-20-19(24)15-3-2-4-15/h5-6,8,10,15-16H,2-4,7,9,11-13H2,1H3,(H,20,24)/t16-/m0/s1. The van der Waals surface area contributed by atoms with Gasteiger partial charge in [0.25, 0.3) is 0 Å².